The summed E-state index contributed by atoms with van der Waals surface area (Å²) in [5.74, 6) is 0.625. The second-order valence-corrected chi connectivity index (χ2v) is 8.18. The van der Waals surface area contributed by atoms with Gasteiger partial charge in [0.25, 0.3) is 0 Å². The van der Waals surface area contributed by atoms with Crippen LogP contribution in [0.5, 0.6) is 0 Å². The highest BCUT2D eigenvalue weighted by Crippen LogP contribution is 2.32. The van der Waals surface area contributed by atoms with Crippen LogP contribution < -0.4 is 27.2 Å². The van der Waals surface area contributed by atoms with Crippen molar-refractivity contribution < 1.29 is 9.21 Å². The summed E-state index contributed by atoms with van der Waals surface area (Å²) in [5, 5.41) is 7.08. The number of hydrogen-bond donors (Lipinski definition) is 5. The van der Waals surface area contributed by atoms with Crippen LogP contribution in [-0.2, 0) is 0 Å². The van der Waals surface area contributed by atoms with Gasteiger partial charge in [-0.2, -0.15) is 0 Å². The van der Waals surface area contributed by atoms with Crippen molar-refractivity contribution in [2.45, 2.75) is 57.7 Å². The van der Waals surface area contributed by atoms with E-state index in [1.807, 2.05) is 0 Å². The molecule has 27 heavy (non-hydrogen) atoms. The van der Waals surface area contributed by atoms with Crippen LogP contribution in [-0.4, -0.2) is 33.0 Å². The number of nitrogens with zero attached hydrogens (tertiary/aromatic N) is 2. The number of rotatable bonds is 5. The van der Waals surface area contributed by atoms with E-state index in [9.17, 15) is 4.79 Å². The average molecular weight is 373 g/mol. The van der Waals surface area contributed by atoms with Gasteiger partial charge in [-0.05, 0) is 52.7 Å². The van der Waals surface area contributed by atoms with Crippen LogP contribution in [0.15, 0.2) is 29.1 Å². The molecule has 0 atom stereocenters. The third kappa shape index (κ3) is 4.68. The lowest BCUT2D eigenvalue weighted by molar-refractivity contribution is 0.0935. The fourth-order valence-electron chi connectivity index (χ4n) is 3.81. The van der Waals surface area contributed by atoms with Gasteiger partial charge in [0.2, 0.25) is 0 Å². The Morgan fingerprint density at radius 1 is 1.22 bits per heavy atom. The van der Waals surface area contributed by atoms with Crippen LogP contribution in [0, 0.1) is 0 Å². The highest BCUT2D eigenvalue weighted by molar-refractivity contribution is 5.92. The van der Waals surface area contributed by atoms with Crippen LogP contribution in [0.1, 0.15) is 51.1 Å². The van der Waals surface area contributed by atoms with E-state index in [4.69, 9.17) is 10.2 Å². The Balaban J connectivity index is 1.68. The highest BCUT2D eigenvalue weighted by Gasteiger charge is 2.37. The molecule has 0 aliphatic carbocycles. The van der Waals surface area contributed by atoms with Gasteiger partial charge in [0.05, 0.1) is 6.26 Å². The molecule has 1 aliphatic rings. The molecule has 146 valence electrons. The summed E-state index contributed by atoms with van der Waals surface area (Å²) in [6, 6.07) is 3.41. The SMILES string of the molecule is CC1(C)CC(Nc2ncnc(NNC(=O)c3ccco3)c2N)CC(C)(C)N1. The first-order chi connectivity index (χ1) is 12.7. The summed E-state index contributed by atoms with van der Waals surface area (Å²) in [5.41, 5.74) is 11.8. The lowest BCUT2D eigenvalue weighted by Gasteiger charge is -2.46. The van der Waals surface area contributed by atoms with Gasteiger partial charge in [-0.1, -0.05) is 0 Å². The first-order valence-electron chi connectivity index (χ1n) is 8.91. The Hall–Kier alpha value is -2.81. The smallest absolute Gasteiger partial charge is 0.305 e. The molecule has 0 bridgehead atoms. The maximum atomic E-state index is 12.0. The molecule has 3 heterocycles. The summed E-state index contributed by atoms with van der Waals surface area (Å²) in [6.45, 7) is 8.73. The number of furan rings is 1. The zero-order valence-electron chi connectivity index (χ0n) is 16.1. The third-order valence-electron chi connectivity index (χ3n) is 4.45. The number of nitrogens with two attached hydrogens (primary N) is 1. The lowest BCUT2D eigenvalue weighted by Crippen LogP contribution is -2.60. The van der Waals surface area contributed by atoms with Gasteiger partial charge >= 0.3 is 5.91 Å². The quantitative estimate of drug-likeness (QED) is 0.504. The minimum Gasteiger partial charge on any atom is -0.459 e. The second-order valence-electron chi connectivity index (χ2n) is 8.18. The van der Waals surface area contributed by atoms with Gasteiger partial charge in [-0.3, -0.25) is 15.6 Å². The standard InChI is InChI=1S/C18H27N7O2/c1-17(2)8-11(9-18(3,4)25-17)22-14-13(19)15(21-10-20-14)23-24-16(26)12-6-5-7-27-12/h5-7,10-11,25H,8-9,19H2,1-4H3,(H,24,26)(H2,20,21,22,23). The molecule has 0 radical (unpaired) electrons. The number of nitrogens with one attached hydrogen (secondary N) is 4. The van der Waals surface area contributed by atoms with Gasteiger partial charge in [0, 0.05) is 17.1 Å². The summed E-state index contributed by atoms with van der Waals surface area (Å²) in [6.07, 6.45) is 4.69. The zero-order chi connectivity index (χ0) is 19.7. The molecule has 2 aromatic rings. The molecule has 1 fully saturated rings. The Bertz CT molecular complexity index is 786. The Kier molecular flexibility index (Phi) is 4.97. The number of nitrogen functional groups attached to an aromatic ring is 1. The van der Waals surface area contributed by atoms with E-state index >= 15 is 0 Å². The molecule has 0 saturated carbocycles. The predicted molar refractivity (Wildman–Crippen MR) is 104 cm³/mol. The van der Waals surface area contributed by atoms with Crippen LogP contribution in [0.3, 0.4) is 0 Å². The molecular weight excluding hydrogens is 346 g/mol. The fraction of sp³-hybridized carbons (Fsp3) is 0.500. The number of hydrazine groups is 1. The number of carbonyl (C=O) groups excluding carboxylic acids is 1. The summed E-state index contributed by atoms with van der Waals surface area (Å²) < 4.78 is 5.04. The van der Waals surface area contributed by atoms with Crippen molar-refractivity contribution in [2.75, 3.05) is 16.5 Å². The Labute approximate surface area is 158 Å². The molecule has 9 heteroatoms. The number of piperidine rings is 1. The van der Waals surface area contributed by atoms with Crippen molar-refractivity contribution in [2.24, 2.45) is 0 Å². The van der Waals surface area contributed by atoms with Crippen LogP contribution in [0.2, 0.25) is 0 Å². The van der Waals surface area contributed by atoms with Crippen LogP contribution in [0.4, 0.5) is 17.3 Å². The highest BCUT2D eigenvalue weighted by atomic mass is 16.3. The average Bonchev–Trinajstić information content (AvgIpc) is 3.07. The Morgan fingerprint density at radius 3 is 2.52 bits per heavy atom. The topological polar surface area (TPSA) is 130 Å². The maximum Gasteiger partial charge on any atom is 0.305 e. The number of aromatic nitrogens is 2. The van der Waals surface area contributed by atoms with E-state index in [-0.39, 0.29) is 22.9 Å². The van der Waals surface area contributed by atoms with Crippen LogP contribution in [0.25, 0.3) is 0 Å². The van der Waals surface area contributed by atoms with E-state index in [1.165, 1.54) is 12.6 Å². The first kappa shape index (κ1) is 19.0. The molecular formula is C18H27N7O2. The zero-order valence-corrected chi connectivity index (χ0v) is 16.1. The molecule has 1 aliphatic heterocycles. The molecule has 2 aromatic heterocycles. The van der Waals surface area contributed by atoms with E-state index in [2.05, 4.69) is 59.1 Å². The molecule has 9 nitrogen and oxygen atoms in total. The largest absolute Gasteiger partial charge is 0.459 e. The summed E-state index contributed by atoms with van der Waals surface area (Å²) in [7, 11) is 0. The van der Waals surface area contributed by atoms with Crippen molar-refractivity contribution >= 4 is 23.2 Å². The number of carbonyl (C=O) groups is 1. The number of amides is 1. The van der Waals surface area contributed by atoms with Crippen molar-refractivity contribution in [1.29, 1.82) is 0 Å². The van der Waals surface area contributed by atoms with Gasteiger partial charge in [0.1, 0.15) is 12.0 Å². The van der Waals surface area contributed by atoms with Gasteiger partial charge < -0.3 is 20.8 Å². The lowest BCUT2D eigenvalue weighted by atomic mass is 9.79. The van der Waals surface area contributed by atoms with E-state index in [0.717, 1.165) is 12.8 Å². The normalized spacial score (nSPS) is 18.7. The monoisotopic (exact) mass is 373 g/mol. The molecule has 1 amide bonds. The summed E-state index contributed by atoms with van der Waals surface area (Å²) >= 11 is 0. The van der Waals surface area contributed by atoms with Crippen molar-refractivity contribution in [3.05, 3.63) is 30.5 Å². The van der Waals surface area contributed by atoms with Crippen LogP contribution >= 0.6 is 0 Å². The maximum absolute atomic E-state index is 12.0. The van der Waals surface area contributed by atoms with Gasteiger partial charge in [-0.15, -0.1) is 0 Å². The molecule has 3 rings (SSSR count). The van der Waals surface area contributed by atoms with Gasteiger partial charge in [-0.25, -0.2) is 9.97 Å². The van der Waals surface area contributed by atoms with E-state index < -0.39 is 5.91 Å². The first-order valence-corrected chi connectivity index (χ1v) is 8.91. The number of hydrogen-bond acceptors (Lipinski definition) is 8. The van der Waals surface area contributed by atoms with Gasteiger partial charge in [0.15, 0.2) is 17.4 Å². The molecule has 0 unspecified atom stereocenters. The van der Waals surface area contributed by atoms with E-state index in [1.54, 1.807) is 12.1 Å². The molecule has 0 aromatic carbocycles. The third-order valence-corrected chi connectivity index (χ3v) is 4.45. The minimum absolute atomic E-state index is 0.000690. The van der Waals surface area contributed by atoms with Crippen molar-refractivity contribution in [3.8, 4) is 0 Å². The van der Waals surface area contributed by atoms with Crippen molar-refractivity contribution in [3.63, 3.8) is 0 Å². The predicted octanol–water partition coefficient (Wildman–Crippen LogP) is 2.13. The van der Waals surface area contributed by atoms with E-state index in [0.29, 0.717) is 17.3 Å². The molecule has 6 N–H and O–H groups in total. The van der Waals surface area contributed by atoms with Crippen molar-refractivity contribution in [1.82, 2.24) is 20.7 Å². The summed E-state index contributed by atoms with van der Waals surface area (Å²) in [4.78, 5) is 20.3. The fourth-order valence-corrected chi connectivity index (χ4v) is 3.81. The number of anilines is 3. The second kappa shape index (κ2) is 7.07. The Morgan fingerprint density at radius 2 is 1.89 bits per heavy atom. The molecule has 1 saturated heterocycles. The minimum atomic E-state index is -0.422. The molecule has 0 spiro atoms.